The zero-order chi connectivity index (χ0) is 12.6. The maximum atomic E-state index is 3.89. The van der Waals surface area contributed by atoms with Gasteiger partial charge in [-0.2, -0.15) is 0 Å². The Morgan fingerprint density at radius 1 is 1.11 bits per heavy atom. The number of rotatable bonds is 3. The van der Waals surface area contributed by atoms with Crippen LogP contribution in [0.5, 0.6) is 0 Å². The average molecular weight is 250 g/mol. The molecule has 104 valence electrons. The molecule has 3 fully saturated rings. The van der Waals surface area contributed by atoms with Crippen LogP contribution >= 0.6 is 0 Å². The lowest BCUT2D eigenvalue weighted by Gasteiger charge is -2.50. The van der Waals surface area contributed by atoms with E-state index in [1.807, 2.05) is 0 Å². The van der Waals surface area contributed by atoms with Crippen LogP contribution in [0, 0.1) is 5.92 Å². The van der Waals surface area contributed by atoms with Crippen LogP contribution in [0.25, 0.3) is 0 Å². The van der Waals surface area contributed by atoms with Crippen molar-refractivity contribution in [2.45, 2.75) is 82.8 Å². The minimum absolute atomic E-state index is 0.420. The molecule has 0 spiro atoms. The van der Waals surface area contributed by atoms with Gasteiger partial charge in [-0.15, -0.1) is 0 Å². The van der Waals surface area contributed by atoms with E-state index in [1.165, 1.54) is 64.5 Å². The molecule has 2 nitrogen and oxygen atoms in total. The van der Waals surface area contributed by atoms with Gasteiger partial charge in [0.1, 0.15) is 0 Å². The van der Waals surface area contributed by atoms with Gasteiger partial charge < -0.3 is 5.32 Å². The van der Waals surface area contributed by atoms with Crippen LogP contribution in [0.2, 0.25) is 0 Å². The maximum Gasteiger partial charge on any atom is 0.0309 e. The molecular weight excluding hydrogens is 220 g/mol. The number of hydrogen-bond donors (Lipinski definition) is 1. The van der Waals surface area contributed by atoms with E-state index in [0.29, 0.717) is 5.54 Å². The molecular formula is C16H30N2. The first kappa shape index (κ1) is 12.9. The fraction of sp³-hybridized carbons (Fsp3) is 1.00. The Bertz CT molecular complexity index is 281. The standard InChI is InChI=1S/C16H30N2/c1-3-14-11-17-16(2,13-9-10-13)12-18(14)15-7-5-4-6-8-15/h13-15,17H,3-12H2,1-2H3. The second-order valence-corrected chi connectivity index (χ2v) is 7.10. The van der Waals surface area contributed by atoms with Crippen molar-refractivity contribution in [2.75, 3.05) is 13.1 Å². The van der Waals surface area contributed by atoms with Crippen LogP contribution < -0.4 is 5.32 Å². The summed E-state index contributed by atoms with van der Waals surface area (Å²) >= 11 is 0. The van der Waals surface area contributed by atoms with Gasteiger partial charge in [0, 0.05) is 30.7 Å². The van der Waals surface area contributed by atoms with Gasteiger partial charge in [0.25, 0.3) is 0 Å². The Hall–Kier alpha value is -0.0800. The average Bonchev–Trinajstić information content (AvgIpc) is 3.24. The maximum absolute atomic E-state index is 3.89. The van der Waals surface area contributed by atoms with E-state index >= 15 is 0 Å². The molecule has 18 heavy (non-hydrogen) atoms. The molecule has 1 heterocycles. The lowest BCUT2D eigenvalue weighted by molar-refractivity contribution is 0.0231. The molecule has 2 heteroatoms. The number of nitrogens with zero attached hydrogens (tertiary/aromatic N) is 1. The lowest BCUT2D eigenvalue weighted by Crippen LogP contribution is -2.66. The van der Waals surface area contributed by atoms with E-state index in [9.17, 15) is 0 Å². The van der Waals surface area contributed by atoms with E-state index in [2.05, 4.69) is 24.1 Å². The Morgan fingerprint density at radius 3 is 2.44 bits per heavy atom. The predicted molar refractivity (Wildman–Crippen MR) is 76.8 cm³/mol. The van der Waals surface area contributed by atoms with Gasteiger partial charge in [-0.25, -0.2) is 0 Å². The van der Waals surface area contributed by atoms with E-state index in [4.69, 9.17) is 0 Å². The SMILES string of the molecule is CCC1CNC(C)(C2CC2)CN1C1CCCCC1. The van der Waals surface area contributed by atoms with Crippen molar-refractivity contribution in [3.63, 3.8) is 0 Å². The summed E-state index contributed by atoms with van der Waals surface area (Å²) in [5, 5.41) is 3.89. The van der Waals surface area contributed by atoms with E-state index in [0.717, 1.165) is 18.0 Å². The second kappa shape index (κ2) is 5.13. The zero-order valence-corrected chi connectivity index (χ0v) is 12.3. The lowest BCUT2D eigenvalue weighted by atomic mass is 9.86. The summed E-state index contributed by atoms with van der Waals surface area (Å²) in [7, 11) is 0. The molecule has 0 amide bonds. The summed E-state index contributed by atoms with van der Waals surface area (Å²) in [6.07, 6.45) is 11.5. The summed E-state index contributed by atoms with van der Waals surface area (Å²) < 4.78 is 0. The van der Waals surface area contributed by atoms with Gasteiger partial charge in [0.05, 0.1) is 0 Å². The van der Waals surface area contributed by atoms with Crippen molar-refractivity contribution in [2.24, 2.45) is 5.92 Å². The fourth-order valence-corrected chi connectivity index (χ4v) is 4.25. The molecule has 2 unspecified atom stereocenters. The van der Waals surface area contributed by atoms with E-state index in [-0.39, 0.29) is 0 Å². The largest absolute Gasteiger partial charge is 0.308 e. The van der Waals surface area contributed by atoms with Crippen molar-refractivity contribution in [3.8, 4) is 0 Å². The van der Waals surface area contributed by atoms with E-state index in [1.54, 1.807) is 0 Å². The first-order valence-corrected chi connectivity index (χ1v) is 8.24. The molecule has 2 aliphatic carbocycles. The van der Waals surface area contributed by atoms with Crippen LogP contribution in [-0.2, 0) is 0 Å². The zero-order valence-electron chi connectivity index (χ0n) is 12.3. The van der Waals surface area contributed by atoms with Crippen LogP contribution in [0.4, 0.5) is 0 Å². The quantitative estimate of drug-likeness (QED) is 0.827. The predicted octanol–water partition coefficient (Wildman–Crippen LogP) is 3.17. The van der Waals surface area contributed by atoms with E-state index < -0.39 is 0 Å². The Kier molecular flexibility index (Phi) is 3.68. The summed E-state index contributed by atoms with van der Waals surface area (Å²) in [4.78, 5) is 2.90. The third-order valence-corrected chi connectivity index (χ3v) is 5.71. The molecule has 1 saturated heterocycles. The summed E-state index contributed by atoms with van der Waals surface area (Å²) in [6, 6.07) is 1.68. The Balaban J connectivity index is 1.70. The molecule has 0 bridgehead atoms. The molecule has 0 aromatic carbocycles. The molecule has 1 N–H and O–H groups in total. The smallest absolute Gasteiger partial charge is 0.0309 e. The third kappa shape index (κ3) is 2.46. The van der Waals surface area contributed by atoms with Gasteiger partial charge >= 0.3 is 0 Å². The van der Waals surface area contributed by atoms with Crippen LogP contribution in [0.15, 0.2) is 0 Å². The van der Waals surface area contributed by atoms with Crippen molar-refractivity contribution in [3.05, 3.63) is 0 Å². The highest BCUT2D eigenvalue weighted by molar-refractivity contribution is 5.05. The third-order valence-electron chi connectivity index (χ3n) is 5.71. The molecule has 0 radical (unpaired) electrons. The molecule has 2 atom stereocenters. The first-order chi connectivity index (χ1) is 8.73. The summed E-state index contributed by atoms with van der Waals surface area (Å²) in [5.41, 5.74) is 0.420. The molecule has 2 saturated carbocycles. The number of nitrogens with one attached hydrogen (secondary N) is 1. The van der Waals surface area contributed by atoms with Crippen molar-refractivity contribution in [1.82, 2.24) is 10.2 Å². The highest BCUT2D eigenvalue weighted by atomic mass is 15.3. The second-order valence-electron chi connectivity index (χ2n) is 7.10. The normalized spacial score (nSPS) is 40.0. The number of hydrogen-bond acceptors (Lipinski definition) is 2. The molecule has 3 rings (SSSR count). The van der Waals surface area contributed by atoms with Crippen molar-refractivity contribution >= 4 is 0 Å². The van der Waals surface area contributed by atoms with Gasteiger partial charge in [-0.1, -0.05) is 26.2 Å². The topological polar surface area (TPSA) is 15.3 Å². The van der Waals surface area contributed by atoms with Gasteiger partial charge in [-0.05, 0) is 44.9 Å². The monoisotopic (exact) mass is 250 g/mol. The van der Waals surface area contributed by atoms with Crippen molar-refractivity contribution < 1.29 is 0 Å². The highest BCUT2D eigenvalue weighted by Gasteiger charge is 2.46. The highest BCUT2D eigenvalue weighted by Crippen LogP contribution is 2.42. The molecule has 3 aliphatic rings. The minimum Gasteiger partial charge on any atom is -0.308 e. The molecule has 0 aromatic heterocycles. The molecule has 1 aliphatic heterocycles. The van der Waals surface area contributed by atoms with Gasteiger partial charge in [0.15, 0.2) is 0 Å². The molecule has 0 aromatic rings. The summed E-state index contributed by atoms with van der Waals surface area (Å²) in [5.74, 6) is 0.960. The van der Waals surface area contributed by atoms with Gasteiger partial charge in [-0.3, -0.25) is 4.90 Å². The summed E-state index contributed by atoms with van der Waals surface area (Å²) in [6.45, 7) is 7.37. The fourth-order valence-electron chi connectivity index (χ4n) is 4.25. The van der Waals surface area contributed by atoms with Crippen LogP contribution in [-0.4, -0.2) is 35.6 Å². The minimum atomic E-state index is 0.420. The Labute approximate surface area is 113 Å². The van der Waals surface area contributed by atoms with Crippen LogP contribution in [0.3, 0.4) is 0 Å². The van der Waals surface area contributed by atoms with Gasteiger partial charge in [0.2, 0.25) is 0 Å². The Morgan fingerprint density at radius 2 is 1.83 bits per heavy atom. The van der Waals surface area contributed by atoms with Crippen LogP contribution in [0.1, 0.15) is 65.2 Å². The number of piperazine rings is 1. The van der Waals surface area contributed by atoms with Crippen molar-refractivity contribution in [1.29, 1.82) is 0 Å². The first-order valence-electron chi connectivity index (χ1n) is 8.24.